The van der Waals surface area contributed by atoms with Gasteiger partial charge in [-0.3, -0.25) is 9.97 Å². The van der Waals surface area contributed by atoms with Crippen molar-refractivity contribution in [2.75, 3.05) is 56.0 Å². The van der Waals surface area contributed by atoms with Crippen LogP contribution in [0.15, 0.2) is 42.9 Å². The van der Waals surface area contributed by atoms with Gasteiger partial charge in [0.15, 0.2) is 5.82 Å². The number of fused-ring (bicyclic) bond motifs is 1. The van der Waals surface area contributed by atoms with Gasteiger partial charge in [-0.25, -0.2) is 18.1 Å². The largest absolute Gasteiger partial charge is 0.496 e. The van der Waals surface area contributed by atoms with Gasteiger partial charge in [-0.15, -0.1) is 0 Å². The molecule has 222 valence electrons. The summed E-state index contributed by atoms with van der Waals surface area (Å²) < 4.78 is 31.4. The Labute approximate surface area is 246 Å². The lowest BCUT2D eigenvalue weighted by Crippen LogP contribution is -2.57. The van der Waals surface area contributed by atoms with E-state index in [4.69, 9.17) is 19.8 Å². The number of nitrogens with one attached hydrogen (secondary N) is 1. The highest BCUT2D eigenvalue weighted by Gasteiger charge is 2.38. The molecule has 2 atom stereocenters. The number of piperidine rings is 1. The van der Waals surface area contributed by atoms with E-state index in [1.807, 2.05) is 36.0 Å². The van der Waals surface area contributed by atoms with Crippen LogP contribution in [0.25, 0.3) is 28.0 Å². The smallest absolute Gasteiger partial charge is 0.158 e. The second kappa shape index (κ2) is 11.1. The van der Waals surface area contributed by atoms with Gasteiger partial charge < -0.3 is 19.9 Å². The zero-order chi connectivity index (χ0) is 29.6. The van der Waals surface area contributed by atoms with Crippen LogP contribution in [0.2, 0.25) is 0 Å². The van der Waals surface area contributed by atoms with Gasteiger partial charge in [0.05, 0.1) is 35.8 Å². The molecule has 2 aliphatic heterocycles. The van der Waals surface area contributed by atoms with Crippen molar-refractivity contribution < 1.29 is 13.2 Å². The molecule has 0 radical (unpaired) electrons. The van der Waals surface area contributed by atoms with Gasteiger partial charge in [-0.05, 0) is 59.0 Å². The molecular weight excluding hydrogens is 552 g/mol. The second-order valence-corrected chi connectivity index (χ2v) is 13.9. The highest BCUT2D eigenvalue weighted by Crippen LogP contribution is 2.36. The summed E-state index contributed by atoms with van der Waals surface area (Å²) in [5, 5.41) is 9.38. The molecule has 6 rings (SSSR count). The number of hydrogen-bond donors (Lipinski definition) is 1. The van der Waals surface area contributed by atoms with E-state index >= 15 is 0 Å². The Hall–Kier alpha value is -3.77. The number of hydrogen-bond acceptors (Lipinski definition) is 10. The fraction of sp³-hybridized carbons (Fsp3) is 0.467. The van der Waals surface area contributed by atoms with E-state index in [1.54, 1.807) is 19.5 Å². The minimum atomic E-state index is -3.05. The average molecular weight is 591 g/mol. The summed E-state index contributed by atoms with van der Waals surface area (Å²) in [5.74, 6) is 2.46. The molecule has 4 aromatic rings. The third-order valence-electron chi connectivity index (χ3n) is 8.57. The highest BCUT2D eigenvalue weighted by atomic mass is 32.2. The van der Waals surface area contributed by atoms with E-state index in [0.29, 0.717) is 24.2 Å². The van der Waals surface area contributed by atoms with E-state index in [1.165, 1.54) is 6.26 Å². The van der Waals surface area contributed by atoms with Crippen LogP contribution >= 0.6 is 0 Å². The van der Waals surface area contributed by atoms with Crippen LogP contribution in [0, 0.1) is 12.8 Å². The SMILES string of the molecule is COc1ccncc1-c1cc2c(cnn2-c2cc(N3C[C@H](CS(C)(=O)=O)[C@H]3C)cc(NC3CCN(C)CC3)n2)c(C)n1. The number of aromatic nitrogens is 5. The maximum atomic E-state index is 12.0. The zero-order valence-corrected chi connectivity index (χ0v) is 25.6. The maximum absolute atomic E-state index is 12.0. The third-order valence-corrected chi connectivity index (χ3v) is 9.61. The fourth-order valence-corrected chi connectivity index (χ4v) is 7.23. The summed E-state index contributed by atoms with van der Waals surface area (Å²) in [5.41, 5.74) is 4.27. The number of pyridine rings is 3. The fourth-order valence-electron chi connectivity index (χ4n) is 6.07. The molecule has 42 heavy (non-hydrogen) atoms. The molecule has 0 amide bonds. The van der Waals surface area contributed by atoms with E-state index in [-0.39, 0.29) is 17.7 Å². The first-order valence-electron chi connectivity index (χ1n) is 14.4. The van der Waals surface area contributed by atoms with Crippen LogP contribution in [-0.2, 0) is 9.84 Å². The van der Waals surface area contributed by atoms with Gasteiger partial charge in [-0.1, -0.05) is 0 Å². The Bertz CT molecular complexity index is 1720. The summed E-state index contributed by atoms with van der Waals surface area (Å²) in [4.78, 5) is 18.8. The van der Waals surface area contributed by atoms with Gasteiger partial charge in [0.1, 0.15) is 21.4 Å². The molecule has 0 aliphatic carbocycles. The first kappa shape index (κ1) is 28.4. The van der Waals surface area contributed by atoms with Gasteiger partial charge in [0, 0.05) is 72.1 Å². The molecule has 1 N–H and O–H groups in total. The van der Waals surface area contributed by atoms with E-state index < -0.39 is 9.84 Å². The number of nitrogens with zero attached hydrogens (tertiary/aromatic N) is 7. The molecule has 0 bridgehead atoms. The molecule has 0 aromatic carbocycles. The minimum Gasteiger partial charge on any atom is -0.496 e. The molecule has 0 spiro atoms. The predicted octanol–water partition coefficient (Wildman–Crippen LogP) is 3.57. The molecule has 4 aromatic heterocycles. The molecule has 2 saturated heterocycles. The summed E-state index contributed by atoms with van der Waals surface area (Å²) in [6, 6.07) is 8.37. The van der Waals surface area contributed by atoms with Gasteiger partial charge in [0.2, 0.25) is 0 Å². The number of methoxy groups -OCH3 is 1. The number of sulfone groups is 1. The average Bonchev–Trinajstić information content (AvgIpc) is 3.40. The van der Waals surface area contributed by atoms with Crippen molar-refractivity contribution >= 4 is 32.2 Å². The van der Waals surface area contributed by atoms with E-state index in [0.717, 1.165) is 65.3 Å². The minimum absolute atomic E-state index is 0.0941. The van der Waals surface area contributed by atoms with Crippen LogP contribution in [0.3, 0.4) is 0 Å². The molecule has 11 nitrogen and oxygen atoms in total. The standard InChI is InChI=1S/C30H38N8O3S/c1-19-24-16-32-38(27(24)14-26(33-19)25-15-31-9-6-28(25)41-4)30-13-23(37-17-21(20(37)2)18-42(5,39)40)12-29(35-30)34-22-7-10-36(3)11-8-22/h6,9,12-16,20-22H,7-8,10-11,17-18H2,1-5H3,(H,34,35)/t20-,21-/m1/s1. The Morgan fingerprint density at radius 3 is 2.62 bits per heavy atom. The molecule has 0 unspecified atom stereocenters. The van der Waals surface area contributed by atoms with E-state index in [2.05, 4.69) is 40.1 Å². The predicted molar refractivity (Wildman–Crippen MR) is 165 cm³/mol. The topological polar surface area (TPSA) is 118 Å². The van der Waals surface area contributed by atoms with E-state index in [9.17, 15) is 8.42 Å². The van der Waals surface area contributed by atoms with Crippen LogP contribution in [0.1, 0.15) is 25.5 Å². The Kier molecular flexibility index (Phi) is 7.52. The highest BCUT2D eigenvalue weighted by molar-refractivity contribution is 7.90. The molecule has 2 aliphatic rings. The Balaban J connectivity index is 1.41. The summed E-state index contributed by atoms with van der Waals surface area (Å²) in [6.07, 6.45) is 8.68. The van der Waals surface area contributed by atoms with Crippen molar-refractivity contribution in [2.45, 2.75) is 38.8 Å². The van der Waals surface area contributed by atoms with Crippen LogP contribution in [-0.4, -0.2) is 95.9 Å². The van der Waals surface area contributed by atoms with Crippen molar-refractivity contribution in [1.82, 2.24) is 29.6 Å². The maximum Gasteiger partial charge on any atom is 0.158 e. The zero-order valence-electron chi connectivity index (χ0n) is 24.8. The molecule has 2 fully saturated rings. The number of rotatable bonds is 8. The molecule has 0 saturated carbocycles. The lowest BCUT2D eigenvalue weighted by Gasteiger charge is -2.48. The lowest BCUT2D eigenvalue weighted by molar-refractivity contribution is 0.263. The first-order valence-corrected chi connectivity index (χ1v) is 16.4. The lowest BCUT2D eigenvalue weighted by atomic mass is 9.91. The van der Waals surface area contributed by atoms with Gasteiger partial charge in [-0.2, -0.15) is 5.10 Å². The monoisotopic (exact) mass is 590 g/mol. The summed E-state index contributed by atoms with van der Waals surface area (Å²) in [6.45, 7) is 6.82. The number of ether oxygens (including phenoxy) is 1. The van der Waals surface area contributed by atoms with Crippen molar-refractivity contribution in [3.63, 3.8) is 0 Å². The van der Waals surface area contributed by atoms with Crippen molar-refractivity contribution in [3.05, 3.63) is 48.5 Å². The molecule has 6 heterocycles. The van der Waals surface area contributed by atoms with Crippen molar-refractivity contribution in [3.8, 4) is 22.8 Å². The van der Waals surface area contributed by atoms with Crippen molar-refractivity contribution in [1.29, 1.82) is 0 Å². The normalized spacial score (nSPS) is 20.1. The number of likely N-dealkylation sites (tertiary alicyclic amines) is 1. The first-order chi connectivity index (χ1) is 20.1. The number of anilines is 2. The van der Waals surface area contributed by atoms with Gasteiger partial charge in [0.25, 0.3) is 0 Å². The Morgan fingerprint density at radius 1 is 1.12 bits per heavy atom. The van der Waals surface area contributed by atoms with Crippen LogP contribution in [0.5, 0.6) is 5.75 Å². The second-order valence-electron chi connectivity index (χ2n) is 11.7. The molecule has 12 heteroatoms. The quantitative estimate of drug-likeness (QED) is 0.326. The molecular formula is C30H38N8O3S. The van der Waals surface area contributed by atoms with Crippen LogP contribution < -0.4 is 15.0 Å². The van der Waals surface area contributed by atoms with Crippen LogP contribution in [0.4, 0.5) is 11.5 Å². The Morgan fingerprint density at radius 2 is 1.90 bits per heavy atom. The summed E-state index contributed by atoms with van der Waals surface area (Å²) >= 11 is 0. The summed E-state index contributed by atoms with van der Waals surface area (Å²) in [7, 11) is 0.745. The van der Waals surface area contributed by atoms with Crippen molar-refractivity contribution in [2.24, 2.45) is 5.92 Å². The van der Waals surface area contributed by atoms with Gasteiger partial charge >= 0.3 is 0 Å². The third kappa shape index (κ3) is 5.65. The number of aryl methyl sites for hydroxylation is 1.